The van der Waals surface area contributed by atoms with Crippen molar-refractivity contribution in [3.05, 3.63) is 36.0 Å². The number of carbonyl (C=O) groups is 1. The Bertz CT molecular complexity index is 719. The summed E-state index contributed by atoms with van der Waals surface area (Å²) in [6, 6.07) is 7.98. The molecule has 1 amide bonds. The van der Waals surface area contributed by atoms with Crippen molar-refractivity contribution in [3.8, 4) is 0 Å². The fourth-order valence-electron chi connectivity index (χ4n) is 2.24. The van der Waals surface area contributed by atoms with Crippen molar-refractivity contribution in [2.45, 2.75) is 19.3 Å². The maximum Gasteiger partial charge on any atom is 0.220 e. The van der Waals surface area contributed by atoms with E-state index in [4.69, 9.17) is 0 Å². The zero-order valence-electron chi connectivity index (χ0n) is 12.1. The first kappa shape index (κ1) is 15.6. The molecule has 2 aromatic rings. The minimum absolute atomic E-state index is 0.0474. The van der Waals surface area contributed by atoms with E-state index in [9.17, 15) is 13.2 Å². The lowest BCUT2D eigenvalue weighted by Crippen LogP contribution is -2.26. The Morgan fingerprint density at radius 2 is 2.05 bits per heavy atom. The van der Waals surface area contributed by atoms with E-state index in [0.29, 0.717) is 25.8 Å². The number of H-pyrrole nitrogens is 1. The smallest absolute Gasteiger partial charge is 0.220 e. The maximum absolute atomic E-state index is 11.7. The summed E-state index contributed by atoms with van der Waals surface area (Å²) in [7, 11) is -2.95. The van der Waals surface area contributed by atoms with E-state index < -0.39 is 9.84 Å². The first-order chi connectivity index (χ1) is 9.96. The SMILES string of the molecule is CS(=O)(=O)CCCNC(=O)CCc1c[nH]c2ccccc12. The van der Waals surface area contributed by atoms with Gasteiger partial charge in [0.15, 0.2) is 0 Å². The number of fused-ring (bicyclic) bond motifs is 1. The Morgan fingerprint density at radius 1 is 1.29 bits per heavy atom. The number of rotatable bonds is 7. The fraction of sp³-hybridized carbons (Fsp3) is 0.400. The normalized spacial score (nSPS) is 11.7. The number of amides is 1. The average molecular weight is 308 g/mol. The van der Waals surface area contributed by atoms with Gasteiger partial charge in [0.1, 0.15) is 9.84 Å². The number of para-hydroxylation sites is 1. The lowest BCUT2D eigenvalue weighted by molar-refractivity contribution is -0.121. The molecule has 5 nitrogen and oxygen atoms in total. The summed E-state index contributed by atoms with van der Waals surface area (Å²) < 4.78 is 21.9. The summed E-state index contributed by atoms with van der Waals surface area (Å²) in [6.45, 7) is 0.403. The van der Waals surface area contributed by atoms with Crippen molar-refractivity contribution in [2.75, 3.05) is 18.6 Å². The Kier molecular flexibility index (Phi) is 5.01. The molecule has 0 bridgehead atoms. The van der Waals surface area contributed by atoms with Gasteiger partial charge in [-0.05, 0) is 24.5 Å². The lowest BCUT2D eigenvalue weighted by atomic mass is 10.1. The molecule has 2 rings (SSSR count). The van der Waals surface area contributed by atoms with Crippen LogP contribution in [0.25, 0.3) is 10.9 Å². The second-order valence-electron chi connectivity index (χ2n) is 5.19. The molecule has 2 N–H and O–H groups in total. The van der Waals surface area contributed by atoms with Crippen LogP contribution in [-0.2, 0) is 21.1 Å². The number of carbonyl (C=O) groups excluding carboxylic acids is 1. The standard InChI is InChI=1S/C15H20N2O3S/c1-21(19,20)10-4-9-16-15(18)8-7-12-11-17-14-6-3-2-5-13(12)14/h2-3,5-6,11,17H,4,7-10H2,1H3,(H,16,18). The number of aryl methyl sites for hydroxylation is 1. The molecule has 1 aromatic heterocycles. The highest BCUT2D eigenvalue weighted by Gasteiger charge is 2.07. The van der Waals surface area contributed by atoms with Crippen LogP contribution < -0.4 is 5.32 Å². The average Bonchev–Trinajstić information content (AvgIpc) is 2.84. The number of benzene rings is 1. The molecule has 21 heavy (non-hydrogen) atoms. The minimum atomic E-state index is -2.95. The largest absolute Gasteiger partial charge is 0.361 e. The van der Waals surface area contributed by atoms with E-state index in [2.05, 4.69) is 10.3 Å². The van der Waals surface area contributed by atoms with Crippen molar-refractivity contribution in [1.82, 2.24) is 10.3 Å². The molecule has 0 aliphatic heterocycles. The molecule has 1 heterocycles. The summed E-state index contributed by atoms with van der Waals surface area (Å²) in [5.74, 6) is 0.0594. The van der Waals surface area contributed by atoms with E-state index in [1.165, 1.54) is 6.26 Å². The molecule has 0 unspecified atom stereocenters. The number of nitrogens with one attached hydrogen (secondary N) is 2. The summed E-state index contributed by atoms with van der Waals surface area (Å²) >= 11 is 0. The van der Waals surface area contributed by atoms with Crippen LogP contribution in [0, 0.1) is 0 Å². The second kappa shape index (κ2) is 6.76. The number of aromatic nitrogens is 1. The fourth-order valence-corrected chi connectivity index (χ4v) is 2.91. The molecule has 0 fully saturated rings. The quantitative estimate of drug-likeness (QED) is 0.763. The highest BCUT2D eigenvalue weighted by Crippen LogP contribution is 2.18. The molecule has 0 saturated heterocycles. The van der Waals surface area contributed by atoms with Crippen molar-refractivity contribution >= 4 is 26.6 Å². The van der Waals surface area contributed by atoms with Crippen LogP contribution in [0.15, 0.2) is 30.5 Å². The Labute approximate surface area is 124 Å². The predicted molar refractivity (Wildman–Crippen MR) is 84.0 cm³/mol. The molecule has 0 radical (unpaired) electrons. The van der Waals surface area contributed by atoms with E-state index in [0.717, 1.165) is 16.5 Å². The van der Waals surface area contributed by atoms with Gasteiger partial charge in [-0.2, -0.15) is 0 Å². The van der Waals surface area contributed by atoms with Crippen molar-refractivity contribution < 1.29 is 13.2 Å². The molecule has 0 spiro atoms. The lowest BCUT2D eigenvalue weighted by Gasteiger charge is -2.04. The molecule has 114 valence electrons. The van der Waals surface area contributed by atoms with E-state index in [1.807, 2.05) is 30.5 Å². The van der Waals surface area contributed by atoms with Crippen LogP contribution in [0.4, 0.5) is 0 Å². The third-order valence-corrected chi connectivity index (χ3v) is 4.34. The van der Waals surface area contributed by atoms with Crippen LogP contribution >= 0.6 is 0 Å². The monoisotopic (exact) mass is 308 g/mol. The van der Waals surface area contributed by atoms with Gasteiger partial charge in [-0.1, -0.05) is 18.2 Å². The zero-order valence-corrected chi connectivity index (χ0v) is 12.9. The van der Waals surface area contributed by atoms with Gasteiger partial charge in [-0.15, -0.1) is 0 Å². The van der Waals surface area contributed by atoms with Gasteiger partial charge in [-0.25, -0.2) is 8.42 Å². The third-order valence-electron chi connectivity index (χ3n) is 3.31. The zero-order chi connectivity index (χ0) is 15.3. The van der Waals surface area contributed by atoms with Gasteiger partial charge in [0.25, 0.3) is 0 Å². The van der Waals surface area contributed by atoms with Gasteiger partial charge in [0.2, 0.25) is 5.91 Å². The first-order valence-electron chi connectivity index (χ1n) is 6.95. The third kappa shape index (κ3) is 4.90. The molecule has 6 heteroatoms. The maximum atomic E-state index is 11.7. The topological polar surface area (TPSA) is 79.0 Å². The van der Waals surface area contributed by atoms with Crippen LogP contribution in [0.1, 0.15) is 18.4 Å². The molecule has 0 atom stereocenters. The van der Waals surface area contributed by atoms with Gasteiger partial charge in [0.05, 0.1) is 5.75 Å². The van der Waals surface area contributed by atoms with Gasteiger partial charge in [0, 0.05) is 36.3 Å². The minimum Gasteiger partial charge on any atom is -0.361 e. The van der Waals surface area contributed by atoms with Gasteiger partial charge < -0.3 is 10.3 Å². The van der Waals surface area contributed by atoms with Crippen molar-refractivity contribution in [1.29, 1.82) is 0 Å². The molecule has 0 aliphatic rings. The van der Waals surface area contributed by atoms with E-state index in [1.54, 1.807) is 0 Å². The number of sulfone groups is 1. The molecular formula is C15H20N2O3S. The van der Waals surface area contributed by atoms with Crippen LogP contribution in [0.5, 0.6) is 0 Å². The Hall–Kier alpha value is -1.82. The Morgan fingerprint density at radius 3 is 2.81 bits per heavy atom. The molecule has 0 aliphatic carbocycles. The van der Waals surface area contributed by atoms with E-state index in [-0.39, 0.29) is 11.7 Å². The summed E-state index contributed by atoms with van der Waals surface area (Å²) in [6.07, 6.45) is 4.66. The van der Waals surface area contributed by atoms with E-state index >= 15 is 0 Å². The highest BCUT2D eigenvalue weighted by molar-refractivity contribution is 7.90. The summed E-state index contributed by atoms with van der Waals surface area (Å²) in [5, 5.41) is 3.89. The summed E-state index contributed by atoms with van der Waals surface area (Å²) in [4.78, 5) is 14.9. The van der Waals surface area contributed by atoms with Crippen molar-refractivity contribution in [2.24, 2.45) is 0 Å². The number of hydrogen-bond donors (Lipinski definition) is 2. The van der Waals surface area contributed by atoms with Crippen LogP contribution in [0.2, 0.25) is 0 Å². The molecule has 1 aromatic carbocycles. The van der Waals surface area contributed by atoms with Crippen LogP contribution in [0.3, 0.4) is 0 Å². The van der Waals surface area contributed by atoms with Gasteiger partial charge >= 0.3 is 0 Å². The highest BCUT2D eigenvalue weighted by atomic mass is 32.2. The number of hydrogen-bond acceptors (Lipinski definition) is 3. The second-order valence-corrected chi connectivity index (χ2v) is 7.45. The van der Waals surface area contributed by atoms with Crippen molar-refractivity contribution in [3.63, 3.8) is 0 Å². The predicted octanol–water partition coefficient (Wildman–Crippen LogP) is 1.65. The first-order valence-corrected chi connectivity index (χ1v) is 9.01. The summed E-state index contributed by atoms with van der Waals surface area (Å²) in [5.41, 5.74) is 2.19. The number of aromatic amines is 1. The molecular weight excluding hydrogens is 288 g/mol. The Balaban J connectivity index is 1.76. The van der Waals surface area contributed by atoms with Crippen LogP contribution in [-0.4, -0.2) is 37.9 Å². The molecule has 0 saturated carbocycles. The van der Waals surface area contributed by atoms with Gasteiger partial charge in [-0.3, -0.25) is 4.79 Å².